The van der Waals surface area contributed by atoms with Crippen LogP contribution in [0.4, 0.5) is 8.78 Å². The molecule has 9 fully saturated rings. The Bertz CT molecular complexity index is 2940. The van der Waals surface area contributed by atoms with Crippen molar-refractivity contribution in [2.75, 3.05) is 58.9 Å². The lowest BCUT2D eigenvalue weighted by Gasteiger charge is -2.62. The van der Waals surface area contributed by atoms with Crippen molar-refractivity contribution in [2.24, 2.45) is 17.3 Å². The highest BCUT2D eigenvalue weighted by molar-refractivity contribution is 5.98. The number of piperidine rings is 3. The van der Waals surface area contributed by atoms with Gasteiger partial charge in [-0.1, -0.05) is 55.7 Å². The Morgan fingerprint density at radius 3 is 2.05 bits per heavy atom. The minimum Gasteiger partial charge on any atom is -0.375 e. The van der Waals surface area contributed by atoms with E-state index in [-0.39, 0.29) is 89.7 Å². The lowest BCUT2D eigenvalue weighted by atomic mass is 9.44. The molecule has 3 atom stereocenters. The lowest BCUT2D eigenvalue weighted by Crippen LogP contribution is -2.63. The molecule has 4 saturated carbocycles. The Morgan fingerprint density at radius 1 is 0.714 bits per heavy atom. The largest absolute Gasteiger partial charge is 0.375 e. The summed E-state index contributed by atoms with van der Waals surface area (Å²) in [5, 5.41) is 11.0. The molecule has 408 valence electrons. The predicted octanol–water partition coefficient (Wildman–Crippen LogP) is 6.96. The van der Waals surface area contributed by atoms with Crippen LogP contribution in [0.25, 0.3) is 10.8 Å². The minimum atomic E-state index is -0.738. The first kappa shape index (κ1) is 51.7. The van der Waals surface area contributed by atoms with Crippen LogP contribution in [0.15, 0.2) is 65.5 Å². The molecular weight excluding hydrogens is 983 g/mol. The summed E-state index contributed by atoms with van der Waals surface area (Å²) in [6.07, 6.45) is 14.4. The van der Waals surface area contributed by atoms with Crippen LogP contribution < -0.4 is 10.9 Å². The van der Waals surface area contributed by atoms with Gasteiger partial charge in [0.2, 0.25) is 17.7 Å². The van der Waals surface area contributed by atoms with Crippen molar-refractivity contribution in [3.05, 3.63) is 111 Å². The number of likely N-dealkylation sites (tertiary alicyclic amines) is 2. The van der Waals surface area contributed by atoms with E-state index in [1.165, 1.54) is 12.1 Å². The standard InChI is InChI=1S/C60H72F2N8O7/c61-50-16-13-37(30-51-46-9-4-5-10-47(46)56(73)65-64-51)29-49(50)57(74)69-27-25-67(26-28-69)52(71)36-66-21-17-43(18-22-66)77-44-19-23-68(24-20-44)58(75)54(39-7-2-1-3-8-39)63-55(72)48-12-6-11-45(53(48)62)40-31-41-14-15-42(32-40)70(41)59(76)60-33-38(34-60)35-60/h4-6,9-13,16,29,38-44,54H,1-3,7-8,14-15,17-28,30-36H2,(H,63,72)(H,65,73)/t38?,40?,41?,42?,54-,60?/m1/s1. The van der Waals surface area contributed by atoms with Crippen LogP contribution in [0, 0.1) is 28.9 Å². The van der Waals surface area contributed by atoms with E-state index in [4.69, 9.17) is 4.74 Å². The number of carbonyl (C=O) groups is 5. The normalized spacial score (nSPS) is 26.5. The summed E-state index contributed by atoms with van der Waals surface area (Å²) in [6, 6.07) is 16.2. The van der Waals surface area contributed by atoms with E-state index >= 15 is 8.78 Å². The number of H-pyrrole nitrogens is 1. The van der Waals surface area contributed by atoms with Crippen LogP contribution in [-0.2, 0) is 25.5 Å². The first-order valence-corrected chi connectivity index (χ1v) is 28.8. The number of amides is 5. The summed E-state index contributed by atoms with van der Waals surface area (Å²) < 4.78 is 38.4. The molecule has 4 aromatic rings. The minimum absolute atomic E-state index is 0.00393. The van der Waals surface area contributed by atoms with Gasteiger partial charge in [0.25, 0.3) is 17.4 Å². The molecule has 2 unspecified atom stereocenters. The Labute approximate surface area is 448 Å². The molecule has 4 aliphatic carbocycles. The van der Waals surface area contributed by atoms with E-state index < -0.39 is 29.5 Å². The smallest absolute Gasteiger partial charge is 0.272 e. The van der Waals surface area contributed by atoms with E-state index in [1.807, 2.05) is 17.0 Å². The molecule has 9 aliphatic rings. The van der Waals surface area contributed by atoms with Crippen molar-refractivity contribution in [1.29, 1.82) is 0 Å². The van der Waals surface area contributed by atoms with Gasteiger partial charge in [0.1, 0.15) is 17.7 Å². The molecule has 3 aromatic carbocycles. The number of fused-ring (bicyclic) bond motifs is 3. The third-order valence-electron chi connectivity index (χ3n) is 19.2. The van der Waals surface area contributed by atoms with Gasteiger partial charge in [0.05, 0.1) is 46.4 Å². The molecular formula is C60H72F2N8O7. The van der Waals surface area contributed by atoms with Crippen molar-refractivity contribution in [3.8, 4) is 0 Å². The van der Waals surface area contributed by atoms with Gasteiger partial charge in [0.15, 0.2) is 0 Å². The summed E-state index contributed by atoms with van der Waals surface area (Å²) >= 11 is 0. The summed E-state index contributed by atoms with van der Waals surface area (Å²) in [6.45, 7) is 4.00. The molecule has 17 heteroatoms. The second-order valence-electron chi connectivity index (χ2n) is 23.9. The number of hydrogen-bond acceptors (Lipinski definition) is 9. The Balaban J connectivity index is 0.588. The fraction of sp³-hybridized carbons (Fsp3) is 0.583. The molecule has 6 heterocycles. The molecule has 1 aromatic heterocycles. The molecule has 2 N–H and O–H groups in total. The van der Waals surface area contributed by atoms with E-state index in [0.717, 1.165) is 83.0 Å². The average molecular weight is 1060 g/mol. The number of nitrogens with zero attached hydrogens (tertiary/aromatic N) is 6. The van der Waals surface area contributed by atoms with Gasteiger partial charge in [-0.05, 0) is 137 Å². The van der Waals surface area contributed by atoms with Crippen LogP contribution in [-0.4, -0.2) is 153 Å². The molecule has 0 spiro atoms. The Hall–Kier alpha value is -6.07. The fourth-order valence-electron chi connectivity index (χ4n) is 14.7. The van der Waals surface area contributed by atoms with Gasteiger partial charge < -0.3 is 29.7 Å². The summed E-state index contributed by atoms with van der Waals surface area (Å²) in [5.41, 5.74) is 1.38. The summed E-state index contributed by atoms with van der Waals surface area (Å²) in [5.74, 6) is -1.23. The monoisotopic (exact) mass is 1050 g/mol. The maximum absolute atomic E-state index is 16.6. The lowest BCUT2D eigenvalue weighted by molar-refractivity contribution is -0.181. The van der Waals surface area contributed by atoms with Gasteiger partial charge in [-0.25, -0.2) is 13.9 Å². The molecule has 4 bridgehead atoms. The number of benzene rings is 3. The molecule has 15 nitrogen and oxygen atoms in total. The Kier molecular flexibility index (Phi) is 14.5. The molecule has 5 saturated heterocycles. The summed E-state index contributed by atoms with van der Waals surface area (Å²) in [4.78, 5) is 91.2. The van der Waals surface area contributed by atoms with Crippen molar-refractivity contribution in [3.63, 3.8) is 0 Å². The van der Waals surface area contributed by atoms with Gasteiger partial charge in [-0.3, -0.25) is 33.7 Å². The topological polar surface area (TPSA) is 169 Å². The number of aromatic nitrogens is 2. The zero-order chi connectivity index (χ0) is 53.0. The van der Waals surface area contributed by atoms with Crippen molar-refractivity contribution in [2.45, 2.75) is 145 Å². The zero-order valence-electron chi connectivity index (χ0n) is 44.1. The number of nitrogens with one attached hydrogen (secondary N) is 2. The van der Waals surface area contributed by atoms with Crippen LogP contribution in [0.1, 0.15) is 146 Å². The van der Waals surface area contributed by atoms with Crippen LogP contribution in [0.5, 0.6) is 0 Å². The second kappa shape index (κ2) is 21.6. The molecule has 13 rings (SSSR count). The maximum atomic E-state index is 16.6. The third kappa shape index (κ3) is 10.3. The van der Waals surface area contributed by atoms with Gasteiger partial charge in [-0.2, -0.15) is 5.10 Å². The van der Waals surface area contributed by atoms with Crippen LogP contribution in [0.3, 0.4) is 0 Å². The van der Waals surface area contributed by atoms with Gasteiger partial charge in [-0.15, -0.1) is 0 Å². The van der Waals surface area contributed by atoms with E-state index in [9.17, 15) is 28.8 Å². The molecule has 77 heavy (non-hydrogen) atoms. The zero-order valence-corrected chi connectivity index (χ0v) is 44.1. The van der Waals surface area contributed by atoms with Crippen molar-refractivity contribution < 1.29 is 37.5 Å². The molecule has 0 radical (unpaired) electrons. The van der Waals surface area contributed by atoms with E-state index in [2.05, 4.69) is 25.3 Å². The average Bonchev–Trinajstić information content (AvgIpc) is 3.75. The Morgan fingerprint density at radius 2 is 1.38 bits per heavy atom. The van der Waals surface area contributed by atoms with Crippen LogP contribution >= 0.6 is 0 Å². The predicted molar refractivity (Wildman–Crippen MR) is 284 cm³/mol. The number of rotatable bonds is 13. The number of halogens is 2. The highest BCUT2D eigenvalue weighted by Crippen LogP contribution is 2.66. The number of hydrogen-bond donors (Lipinski definition) is 2. The number of aromatic amines is 1. The van der Waals surface area contributed by atoms with Crippen molar-refractivity contribution in [1.82, 2.24) is 40.0 Å². The molecule has 5 aliphatic heterocycles. The number of ether oxygens (including phenoxy) is 1. The van der Waals surface area contributed by atoms with E-state index in [0.29, 0.717) is 105 Å². The first-order chi connectivity index (χ1) is 37.4. The highest BCUT2D eigenvalue weighted by Gasteiger charge is 2.64. The SMILES string of the molecule is O=C(N[C@@H](C(=O)N1CCC(OC2CCN(CC(=O)N3CCN(C(=O)c4cc(Cc5n[nH]c(=O)c6ccccc56)ccc4F)CC3)CC2)CC1)C1CCCCC1)c1cccc(C2CC3CCC(C2)N3C(=O)C23CC(C2)C3)c1F. The third-order valence-corrected chi connectivity index (χ3v) is 19.2. The maximum Gasteiger partial charge on any atom is 0.272 e. The fourth-order valence-corrected chi connectivity index (χ4v) is 14.7. The number of piperazine rings is 1. The quantitative estimate of drug-likeness (QED) is 0.144. The van der Waals surface area contributed by atoms with Crippen LogP contribution in [0.2, 0.25) is 0 Å². The van der Waals surface area contributed by atoms with Gasteiger partial charge in [0, 0.05) is 76.2 Å². The summed E-state index contributed by atoms with van der Waals surface area (Å²) in [7, 11) is 0. The second-order valence-corrected chi connectivity index (χ2v) is 23.9. The first-order valence-electron chi connectivity index (χ1n) is 28.8. The van der Waals surface area contributed by atoms with E-state index in [1.54, 1.807) is 46.2 Å². The number of carbonyl (C=O) groups excluding carboxylic acids is 5. The highest BCUT2D eigenvalue weighted by atomic mass is 19.1. The molecule has 5 amide bonds. The van der Waals surface area contributed by atoms with Gasteiger partial charge >= 0.3 is 0 Å². The van der Waals surface area contributed by atoms with Crippen molar-refractivity contribution >= 4 is 40.3 Å².